The summed E-state index contributed by atoms with van der Waals surface area (Å²) in [6, 6.07) is 10.3. The molecule has 1 aromatic heterocycles. The van der Waals surface area contributed by atoms with E-state index in [1.54, 1.807) is 10.9 Å². The van der Waals surface area contributed by atoms with Crippen LogP contribution in [0, 0.1) is 0 Å². The molecule has 16 heavy (non-hydrogen) atoms. The second kappa shape index (κ2) is 4.58. The molecule has 2 aromatic rings. The van der Waals surface area contributed by atoms with E-state index in [4.69, 9.17) is 17.3 Å². The Kier molecular flexibility index (Phi) is 3.15. The maximum absolute atomic E-state index is 5.91. The third-order valence-corrected chi connectivity index (χ3v) is 2.94. The summed E-state index contributed by atoms with van der Waals surface area (Å²) in [5.41, 5.74) is 7.08. The van der Waals surface area contributed by atoms with Gasteiger partial charge in [-0.1, -0.05) is 48.9 Å². The predicted molar refractivity (Wildman–Crippen MR) is 66.5 cm³/mol. The maximum Gasteiger partial charge on any atom is 0.141 e. The quantitative estimate of drug-likeness (QED) is 0.889. The highest BCUT2D eigenvalue weighted by Crippen LogP contribution is 2.27. The molecule has 0 saturated heterocycles. The van der Waals surface area contributed by atoms with Crippen molar-refractivity contribution in [2.45, 2.75) is 19.4 Å². The summed E-state index contributed by atoms with van der Waals surface area (Å²) in [4.78, 5) is 0. The summed E-state index contributed by atoms with van der Waals surface area (Å²) in [7, 11) is 0. The fraction of sp³-hybridized carbons (Fsp3) is 0.250. The Morgan fingerprint density at radius 2 is 2.06 bits per heavy atom. The van der Waals surface area contributed by atoms with Crippen molar-refractivity contribution in [1.29, 1.82) is 0 Å². The van der Waals surface area contributed by atoms with Gasteiger partial charge in [0.15, 0.2) is 0 Å². The van der Waals surface area contributed by atoms with Gasteiger partial charge in [-0.2, -0.15) is 5.10 Å². The van der Waals surface area contributed by atoms with Crippen molar-refractivity contribution in [2.24, 2.45) is 0 Å². The van der Waals surface area contributed by atoms with Crippen molar-refractivity contribution < 1.29 is 0 Å². The first-order valence-electron chi connectivity index (χ1n) is 5.27. The van der Waals surface area contributed by atoms with E-state index in [1.165, 1.54) is 5.56 Å². The number of hydrogen-bond donors (Lipinski definition) is 1. The van der Waals surface area contributed by atoms with Crippen LogP contribution >= 0.6 is 11.6 Å². The molecule has 0 aliphatic carbocycles. The van der Waals surface area contributed by atoms with Gasteiger partial charge in [0.25, 0.3) is 0 Å². The fourth-order valence-corrected chi connectivity index (χ4v) is 1.95. The largest absolute Gasteiger partial charge is 0.383 e. The lowest BCUT2D eigenvalue weighted by Crippen LogP contribution is -2.13. The zero-order chi connectivity index (χ0) is 11.5. The minimum absolute atomic E-state index is 0.147. The van der Waals surface area contributed by atoms with E-state index < -0.39 is 0 Å². The third-order valence-electron chi connectivity index (χ3n) is 2.65. The van der Waals surface area contributed by atoms with Crippen LogP contribution in [0.15, 0.2) is 36.5 Å². The average Bonchev–Trinajstić information content (AvgIpc) is 2.64. The highest BCUT2D eigenvalue weighted by atomic mass is 35.5. The van der Waals surface area contributed by atoms with Gasteiger partial charge in [-0.15, -0.1) is 0 Å². The van der Waals surface area contributed by atoms with Crippen molar-refractivity contribution in [2.75, 3.05) is 5.73 Å². The number of nitrogens with two attached hydrogens (primary N) is 1. The number of nitrogen functional groups attached to an aromatic ring is 1. The number of hydrogen-bond acceptors (Lipinski definition) is 2. The van der Waals surface area contributed by atoms with Gasteiger partial charge in [0.1, 0.15) is 10.8 Å². The normalized spacial score (nSPS) is 12.6. The molecule has 0 bridgehead atoms. The number of nitrogens with zero attached hydrogens (tertiary/aromatic N) is 2. The van der Waals surface area contributed by atoms with Crippen LogP contribution in [-0.2, 0) is 0 Å². The molecule has 4 heteroatoms. The lowest BCUT2D eigenvalue weighted by molar-refractivity contribution is 0.516. The predicted octanol–water partition coefficient (Wildman–Crippen LogP) is 3.12. The Bertz CT molecular complexity index is 464. The van der Waals surface area contributed by atoms with Gasteiger partial charge in [0.05, 0.1) is 12.2 Å². The highest BCUT2D eigenvalue weighted by Gasteiger charge is 2.16. The molecular formula is C12H14ClN3. The first-order valence-corrected chi connectivity index (χ1v) is 5.65. The van der Waals surface area contributed by atoms with E-state index in [0.29, 0.717) is 10.8 Å². The van der Waals surface area contributed by atoms with Gasteiger partial charge in [0.2, 0.25) is 0 Å². The van der Waals surface area contributed by atoms with Crippen LogP contribution in [0.2, 0.25) is 5.02 Å². The second-order valence-corrected chi connectivity index (χ2v) is 4.06. The first-order chi connectivity index (χ1) is 7.74. The average molecular weight is 236 g/mol. The minimum Gasteiger partial charge on any atom is -0.383 e. The number of halogens is 1. The van der Waals surface area contributed by atoms with Crippen LogP contribution in [-0.4, -0.2) is 9.78 Å². The summed E-state index contributed by atoms with van der Waals surface area (Å²) >= 11 is 5.91. The highest BCUT2D eigenvalue weighted by molar-refractivity contribution is 6.32. The van der Waals surface area contributed by atoms with Gasteiger partial charge < -0.3 is 5.73 Å². The molecular weight excluding hydrogens is 222 g/mol. The number of aromatic nitrogens is 2. The summed E-state index contributed by atoms with van der Waals surface area (Å²) in [6.45, 7) is 2.10. The van der Waals surface area contributed by atoms with Crippen molar-refractivity contribution in [3.63, 3.8) is 0 Å². The van der Waals surface area contributed by atoms with Gasteiger partial charge in [-0.3, -0.25) is 0 Å². The molecule has 1 aromatic carbocycles. The molecule has 2 N–H and O–H groups in total. The first kappa shape index (κ1) is 11.0. The van der Waals surface area contributed by atoms with Gasteiger partial charge in [-0.05, 0) is 12.0 Å². The van der Waals surface area contributed by atoms with E-state index in [1.807, 2.05) is 18.2 Å². The Morgan fingerprint density at radius 3 is 2.56 bits per heavy atom. The Balaban J connectivity index is 2.41. The molecule has 2 rings (SSSR count). The lowest BCUT2D eigenvalue weighted by Gasteiger charge is -2.17. The van der Waals surface area contributed by atoms with E-state index in [2.05, 4.69) is 24.2 Å². The van der Waals surface area contributed by atoms with Crippen LogP contribution in [0.4, 0.5) is 5.82 Å². The van der Waals surface area contributed by atoms with Gasteiger partial charge >= 0.3 is 0 Å². The molecule has 0 amide bonds. The van der Waals surface area contributed by atoms with Crippen LogP contribution in [0.25, 0.3) is 0 Å². The van der Waals surface area contributed by atoms with Crippen LogP contribution in [0.3, 0.4) is 0 Å². The Hall–Kier alpha value is -1.48. The van der Waals surface area contributed by atoms with Gasteiger partial charge in [0, 0.05) is 0 Å². The molecule has 1 unspecified atom stereocenters. The molecule has 0 radical (unpaired) electrons. The zero-order valence-corrected chi connectivity index (χ0v) is 9.85. The SMILES string of the molecule is CCC(c1ccccc1)n1ncc(Cl)c1N. The molecule has 0 spiro atoms. The van der Waals surface area contributed by atoms with Crippen molar-refractivity contribution >= 4 is 17.4 Å². The second-order valence-electron chi connectivity index (χ2n) is 3.66. The molecule has 84 valence electrons. The molecule has 0 aliphatic rings. The van der Waals surface area contributed by atoms with Crippen LogP contribution in [0.1, 0.15) is 24.9 Å². The lowest BCUT2D eigenvalue weighted by atomic mass is 10.1. The van der Waals surface area contributed by atoms with Crippen molar-refractivity contribution in [1.82, 2.24) is 9.78 Å². The zero-order valence-electron chi connectivity index (χ0n) is 9.10. The van der Waals surface area contributed by atoms with E-state index >= 15 is 0 Å². The van der Waals surface area contributed by atoms with Crippen LogP contribution in [0.5, 0.6) is 0 Å². The summed E-state index contributed by atoms with van der Waals surface area (Å²) in [6.07, 6.45) is 2.51. The van der Waals surface area contributed by atoms with Crippen molar-refractivity contribution in [3.05, 3.63) is 47.1 Å². The smallest absolute Gasteiger partial charge is 0.141 e. The monoisotopic (exact) mass is 235 g/mol. The topological polar surface area (TPSA) is 43.8 Å². The number of anilines is 1. The van der Waals surface area contributed by atoms with E-state index in [-0.39, 0.29) is 6.04 Å². The van der Waals surface area contributed by atoms with Gasteiger partial charge in [-0.25, -0.2) is 4.68 Å². The van der Waals surface area contributed by atoms with E-state index in [0.717, 1.165) is 6.42 Å². The summed E-state index contributed by atoms with van der Waals surface area (Å²) in [5.74, 6) is 0.525. The molecule has 1 heterocycles. The van der Waals surface area contributed by atoms with Crippen molar-refractivity contribution in [3.8, 4) is 0 Å². The minimum atomic E-state index is 0.147. The molecule has 0 aliphatic heterocycles. The summed E-state index contributed by atoms with van der Waals surface area (Å²) in [5, 5.41) is 4.73. The standard InChI is InChI=1S/C12H14ClN3/c1-2-11(9-6-4-3-5-7-9)16-12(14)10(13)8-15-16/h3-8,11H,2,14H2,1H3. The molecule has 0 saturated carbocycles. The summed E-state index contributed by atoms with van der Waals surface area (Å²) < 4.78 is 1.78. The molecule has 3 nitrogen and oxygen atoms in total. The molecule has 0 fully saturated rings. The Morgan fingerprint density at radius 1 is 1.38 bits per heavy atom. The fourth-order valence-electron chi connectivity index (χ4n) is 1.82. The maximum atomic E-state index is 5.91. The third kappa shape index (κ3) is 1.91. The van der Waals surface area contributed by atoms with Crippen LogP contribution < -0.4 is 5.73 Å². The van der Waals surface area contributed by atoms with E-state index in [9.17, 15) is 0 Å². The Labute approximate surface area is 99.8 Å². The number of benzene rings is 1. The number of rotatable bonds is 3. The molecule has 1 atom stereocenters.